The van der Waals surface area contributed by atoms with Crippen molar-refractivity contribution >= 4 is 18.3 Å². The molecule has 1 aliphatic rings. The average molecular weight is 359 g/mol. The minimum absolute atomic E-state index is 0. The van der Waals surface area contributed by atoms with Crippen molar-refractivity contribution in [3.63, 3.8) is 0 Å². The zero-order chi connectivity index (χ0) is 16.8. The Balaban J connectivity index is 0.00000288. The van der Waals surface area contributed by atoms with E-state index in [1.165, 1.54) is 0 Å². The summed E-state index contributed by atoms with van der Waals surface area (Å²) in [6.07, 6.45) is 2.03. The lowest BCUT2D eigenvalue weighted by Crippen LogP contribution is -2.35. The molecule has 0 bridgehead atoms. The van der Waals surface area contributed by atoms with Gasteiger partial charge in [-0.2, -0.15) is 0 Å². The van der Waals surface area contributed by atoms with Crippen LogP contribution < -0.4 is 15.2 Å². The first kappa shape index (κ1) is 20.5. The first-order chi connectivity index (χ1) is 11.1. The molecule has 1 aliphatic heterocycles. The molecule has 6 nitrogen and oxygen atoms in total. The van der Waals surface area contributed by atoms with Crippen LogP contribution >= 0.6 is 12.4 Å². The van der Waals surface area contributed by atoms with Gasteiger partial charge in [-0.15, -0.1) is 12.4 Å². The molecule has 1 aromatic carbocycles. The van der Waals surface area contributed by atoms with Crippen molar-refractivity contribution < 1.29 is 19.0 Å². The summed E-state index contributed by atoms with van der Waals surface area (Å²) in [5, 5.41) is 0. The van der Waals surface area contributed by atoms with E-state index in [2.05, 4.69) is 0 Å². The quantitative estimate of drug-likeness (QED) is 0.808. The van der Waals surface area contributed by atoms with Crippen LogP contribution in [0.2, 0.25) is 0 Å². The van der Waals surface area contributed by atoms with Gasteiger partial charge in [0.05, 0.1) is 32.8 Å². The first-order valence-electron chi connectivity index (χ1n) is 7.88. The highest BCUT2D eigenvalue weighted by molar-refractivity contribution is 5.85. The molecular formula is C17H27ClN2O4. The lowest BCUT2D eigenvalue weighted by molar-refractivity contribution is -0.134. The summed E-state index contributed by atoms with van der Waals surface area (Å²) < 4.78 is 15.9. The van der Waals surface area contributed by atoms with Crippen molar-refractivity contribution in [1.29, 1.82) is 0 Å². The number of likely N-dealkylation sites (tertiary alicyclic amines) is 1. The van der Waals surface area contributed by atoms with Gasteiger partial charge in [0.15, 0.2) is 11.5 Å². The summed E-state index contributed by atoms with van der Waals surface area (Å²) >= 11 is 0. The maximum absolute atomic E-state index is 12.6. The molecule has 1 fully saturated rings. The minimum Gasteiger partial charge on any atom is -0.493 e. The lowest BCUT2D eigenvalue weighted by Gasteiger charge is -2.27. The van der Waals surface area contributed by atoms with E-state index in [1.807, 2.05) is 23.1 Å². The monoisotopic (exact) mass is 358 g/mol. The van der Waals surface area contributed by atoms with Gasteiger partial charge in [-0.25, -0.2) is 0 Å². The van der Waals surface area contributed by atoms with Crippen LogP contribution in [0.15, 0.2) is 18.2 Å². The Morgan fingerprint density at radius 2 is 2.00 bits per heavy atom. The highest BCUT2D eigenvalue weighted by Crippen LogP contribution is 2.37. The van der Waals surface area contributed by atoms with Gasteiger partial charge in [0.2, 0.25) is 5.91 Å². The maximum Gasteiger partial charge on any atom is 0.225 e. The van der Waals surface area contributed by atoms with Gasteiger partial charge in [-0.05, 0) is 30.5 Å². The Morgan fingerprint density at radius 1 is 1.29 bits per heavy atom. The number of amides is 1. The molecule has 1 aromatic rings. The molecule has 1 heterocycles. The summed E-state index contributed by atoms with van der Waals surface area (Å²) in [6.45, 7) is 1.11. The van der Waals surface area contributed by atoms with Crippen molar-refractivity contribution in [2.24, 2.45) is 5.73 Å². The van der Waals surface area contributed by atoms with Gasteiger partial charge in [0.1, 0.15) is 0 Å². The second-order valence-corrected chi connectivity index (χ2v) is 5.66. The third kappa shape index (κ3) is 4.53. The summed E-state index contributed by atoms with van der Waals surface area (Å²) in [5.41, 5.74) is 6.68. The third-order valence-electron chi connectivity index (χ3n) is 4.36. The summed E-state index contributed by atoms with van der Waals surface area (Å²) in [5.74, 6) is 1.45. The molecule has 1 amide bonds. The number of carbonyl (C=O) groups is 1. The number of hydrogen-bond donors (Lipinski definition) is 1. The van der Waals surface area contributed by atoms with E-state index >= 15 is 0 Å². The molecule has 7 heteroatoms. The smallest absolute Gasteiger partial charge is 0.225 e. The number of rotatable bonds is 7. The normalized spacial score (nSPS) is 18.0. The predicted molar refractivity (Wildman–Crippen MR) is 95.0 cm³/mol. The number of methoxy groups -OCH3 is 3. The molecule has 1 saturated heterocycles. The third-order valence-corrected chi connectivity index (χ3v) is 4.36. The molecule has 0 aliphatic carbocycles. The second-order valence-electron chi connectivity index (χ2n) is 5.66. The van der Waals surface area contributed by atoms with Crippen molar-refractivity contribution in [2.45, 2.75) is 31.4 Å². The van der Waals surface area contributed by atoms with Crippen LogP contribution in [0.1, 0.15) is 30.9 Å². The lowest BCUT2D eigenvalue weighted by atomic mass is 10.0. The molecule has 0 aromatic heterocycles. The number of halogens is 1. The second kappa shape index (κ2) is 9.71. The average Bonchev–Trinajstić information content (AvgIpc) is 3.08. The molecule has 0 radical (unpaired) electrons. The van der Waals surface area contributed by atoms with Gasteiger partial charge in [0.25, 0.3) is 0 Å². The van der Waals surface area contributed by atoms with Gasteiger partial charge in [-0.3, -0.25) is 4.79 Å². The Hall–Kier alpha value is -1.50. The van der Waals surface area contributed by atoms with E-state index in [1.54, 1.807) is 21.3 Å². The molecular weight excluding hydrogens is 332 g/mol. The van der Waals surface area contributed by atoms with E-state index < -0.39 is 0 Å². The Labute approximate surface area is 149 Å². The van der Waals surface area contributed by atoms with Crippen LogP contribution in [-0.4, -0.2) is 51.3 Å². The fourth-order valence-electron chi connectivity index (χ4n) is 3.05. The summed E-state index contributed by atoms with van der Waals surface area (Å²) in [7, 11) is 4.81. The largest absolute Gasteiger partial charge is 0.493 e. The first-order valence-corrected chi connectivity index (χ1v) is 7.88. The van der Waals surface area contributed by atoms with E-state index in [-0.39, 0.29) is 30.5 Å². The summed E-state index contributed by atoms with van der Waals surface area (Å²) in [6, 6.07) is 5.89. The Kier molecular flexibility index (Phi) is 8.31. The number of nitrogens with two attached hydrogens (primary N) is 1. The molecule has 2 rings (SSSR count). The van der Waals surface area contributed by atoms with Crippen molar-refractivity contribution in [3.8, 4) is 11.5 Å². The van der Waals surface area contributed by atoms with Crippen LogP contribution in [0.5, 0.6) is 11.5 Å². The number of nitrogens with zero attached hydrogens (tertiary/aromatic N) is 1. The SMILES string of the molecule is COc1ccc(C2CCCN2C(=O)CC(CN)OC)cc1OC.Cl. The molecule has 136 valence electrons. The molecule has 24 heavy (non-hydrogen) atoms. The standard InChI is InChI=1S/C17H26N2O4.ClH/c1-21-13(11-18)10-17(20)19-8-4-5-14(19)12-6-7-15(22-2)16(9-12)23-3;/h6-7,9,13-14H,4-5,8,10-11,18H2,1-3H3;1H. The minimum atomic E-state index is -0.228. The molecule has 2 unspecified atom stereocenters. The van der Waals surface area contributed by atoms with Crippen LogP contribution in [0.4, 0.5) is 0 Å². The van der Waals surface area contributed by atoms with E-state index in [0.717, 1.165) is 24.9 Å². The van der Waals surface area contributed by atoms with Gasteiger partial charge < -0.3 is 24.8 Å². The number of carbonyl (C=O) groups excluding carboxylic acids is 1. The van der Waals surface area contributed by atoms with E-state index in [9.17, 15) is 4.79 Å². The Morgan fingerprint density at radius 3 is 2.58 bits per heavy atom. The summed E-state index contributed by atoms with van der Waals surface area (Å²) in [4.78, 5) is 14.5. The molecule has 2 N–H and O–H groups in total. The molecule has 0 saturated carbocycles. The zero-order valence-corrected chi connectivity index (χ0v) is 15.3. The zero-order valence-electron chi connectivity index (χ0n) is 14.5. The number of ether oxygens (including phenoxy) is 3. The van der Waals surface area contributed by atoms with Crippen molar-refractivity contribution in [1.82, 2.24) is 4.90 Å². The number of hydrogen-bond acceptors (Lipinski definition) is 5. The topological polar surface area (TPSA) is 74.0 Å². The van der Waals surface area contributed by atoms with Crippen LogP contribution in [0, 0.1) is 0 Å². The predicted octanol–water partition coefficient (Wildman–Crippen LogP) is 2.15. The fraction of sp³-hybridized carbons (Fsp3) is 0.588. The van der Waals surface area contributed by atoms with Gasteiger partial charge in [-0.1, -0.05) is 6.07 Å². The number of benzene rings is 1. The van der Waals surface area contributed by atoms with Gasteiger partial charge >= 0.3 is 0 Å². The van der Waals surface area contributed by atoms with Crippen molar-refractivity contribution in [3.05, 3.63) is 23.8 Å². The maximum atomic E-state index is 12.6. The van der Waals surface area contributed by atoms with Crippen LogP contribution in [-0.2, 0) is 9.53 Å². The van der Waals surface area contributed by atoms with E-state index in [4.69, 9.17) is 19.9 Å². The van der Waals surface area contributed by atoms with Gasteiger partial charge in [0, 0.05) is 20.2 Å². The fourth-order valence-corrected chi connectivity index (χ4v) is 3.05. The van der Waals surface area contributed by atoms with Crippen LogP contribution in [0.3, 0.4) is 0 Å². The van der Waals surface area contributed by atoms with Crippen molar-refractivity contribution in [2.75, 3.05) is 34.4 Å². The molecule has 2 atom stereocenters. The highest BCUT2D eigenvalue weighted by atomic mass is 35.5. The molecule has 0 spiro atoms. The Bertz CT molecular complexity index is 537. The highest BCUT2D eigenvalue weighted by Gasteiger charge is 2.31. The van der Waals surface area contributed by atoms with Crippen LogP contribution in [0.25, 0.3) is 0 Å². The van der Waals surface area contributed by atoms with E-state index in [0.29, 0.717) is 24.5 Å².